The molecule has 0 spiro atoms. The predicted octanol–water partition coefficient (Wildman–Crippen LogP) is 2.91. The highest BCUT2D eigenvalue weighted by molar-refractivity contribution is 9.10. The van der Waals surface area contributed by atoms with Crippen LogP contribution in [0.4, 0.5) is 0 Å². The second-order valence-corrected chi connectivity index (χ2v) is 7.04. The number of nitrogens with zero attached hydrogens (tertiary/aromatic N) is 2. The Hall–Kier alpha value is -0.910. The molecule has 1 fully saturated rings. The molecule has 4 nitrogen and oxygen atoms in total. The van der Waals surface area contributed by atoms with Crippen molar-refractivity contribution in [3.8, 4) is 0 Å². The first-order valence-electron chi connectivity index (χ1n) is 7.76. The molecule has 0 N–H and O–H groups in total. The molecule has 22 heavy (non-hydrogen) atoms. The summed E-state index contributed by atoms with van der Waals surface area (Å²) in [7, 11) is 2.00. The van der Waals surface area contributed by atoms with Gasteiger partial charge in [-0.15, -0.1) is 0 Å². The summed E-state index contributed by atoms with van der Waals surface area (Å²) in [5.41, 5.74) is 1.19. The third-order valence-electron chi connectivity index (χ3n) is 4.13. The van der Waals surface area contributed by atoms with Crippen LogP contribution in [0.3, 0.4) is 0 Å². The Bertz CT molecular complexity index is 513. The number of amides is 1. The monoisotopic (exact) mass is 368 g/mol. The number of likely N-dealkylation sites (N-methyl/N-ethyl adjacent to an activating group) is 1. The molecule has 1 amide bonds. The van der Waals surface area contributed by atoms with Crippen molar-refractivity contribution in [3.63, 3.8) is 0 Å². The average Bonchev–Trinajstić information content (AvgIpc) is 2.47. The van der Waals surface area contributed by atoms with Gasteiger partial charge in [0.1, 0.15) is 0 Å². The molecule has 1 aliphatic rings. The molecule has 0 aliphatic carbocycles. The van der Waals surface area contributed by atoms with E-state index in [1.54, 1.807) is 0 Å². The van der Waals surface area contributed by atoms with Crippen LogP contribution in [0.15, 0.2) is 28.7 Å². The maximum atomic E-state index is 12.7. The zero-order valence-electron chi connectivity index (χ0n) is 13.8. The van der Waals surface area contributed by atoms with Crippen molar-refractivity contribution >= 4 is 21.8 Å². The van der Waals surface area contributed by atoms with Gasteiger partial charge in [0, 0.05) is 24.1 Å². The Morgan fingerprint density at radius 3 is 2.55 bits per heavy atom. The third-order valence-corrected chi connectivity index (χ3v) is 4.90. The van der Waals surface area contributed by atoms with E-state index in [-0.39, 0.29) is 24.2 Å². The average molecular weight is 369 g/mol. The van der Waals surface area contributed by atoms with E-state index in [1.807, 2.05) is 50.9 Å². The van der Waals surface area contributed by atoms with Gasteiger partial charge in [-0.3, -0.25) is 9.69 Å². The lowest BCUT2D eigenvalue weighted by Gasteiger charge is -2.38. The van der Waals surface area contributed by atoms with Crippen LogP contribution in [-0.2, 0) is 16.1 Å². The molecule has 1 saturated heterocycles. The van der Waals surface area contributed by atoms with Crippen LogP contribution in [-0.4, -0.2) is 54.1 Å². The van der Waals surface area contributed by atoms with Crippen LogP contribution in [0.1, 0.15) is 26.3 Å². The minimum atomic E-state index is -0.149. The van der Waals surface area contributed by atoms with Gasteiger partial charge < -0.3 is 9.64 Å². The lowest BCUT2D eigenvalue weighted by Crippen LogP contribution is -2.53. The smallest absolute Gasteiger partial charge is 0.239 e. The van der Waals surface area contributed by atoms with Crippen LogP contribution < -0.4 is 0 Å². The first-order chi connectivity index (χ1) is 10.4. The fourth-order valence-electron chi connectivity index (χ4n) is 2.84. The Morgan fingerprint density at radius 1 is 1.36 bits per heavy atom. The number of carbonyl (C=O) groups excluding carboxylic acids is 1. The van der Waals surface area contributed by atoms with Crippen molar-refractivity contribution < 1.29 is 9.53 Å². The van der Waals surface area contributed by atoms with Crippen LogP contribution in [0, 0.1) is 0 Å². The quantitative estimate of drug-likeness (QED) is 0.818. The van der Waals surface area contributed by atoms with E-state index in [2.05, 4.69) is 26.9 Å². The Labute approximate surface area is 141 Å². The molecular weight excluding hydrogens is 344 g/mol. The Balaban J connectivity index is 1.99. The van der Waals surface area contributed by atoms with Crippen molar-refractivity contribution in [1.29, 1.82) is 0 Å². The van der Waals surface area contributed by atoms with Gasteiger partial charge in [0.05, 0.1) is 18.2 Å². The zero-order chi connectivity index (χ0) is 16.3. The summed E-state index contributed by atoms with van der Waals surface area (Å²) in [6.45, 7) is 8.11. The molecule has 3 atom stereocenters. The molecule has 2 rings (SSSR count). The summed E-state index contributed by atoms with van der Waals surface area (Å²) in [5, 5.41) is 0. The molecule has 5 heteroatoms. The number of rotatable bonds is 4. The van der Waals surface area contributed by atoms with Gasteiger partial charge in [-0.2, -0.15) is 0 Å². The van der Waals surface area contributed by atoms with Gasteiger partial charge in [0.2, 0.25) is 5.91 Å². The van der Waals surface area contributed by atoms with Crippen LogP contribution in [0.25, 0.3) is 0 Å². The number of halogens is 1. The highest BCUT2D eigenvalue weighted by Gasteiger charge is 2.30. The predicted molar refractivity (Wildman–Crippen MR) is 91.7 cm³/mol. The van der Waals surface area contributed by atoms with E-state index >= 15 is 0 Å². The number of carbonyl (C=O) groups is 1. The third kappa shape index (κ3) is 4.31. The normalized spacial score (nSPS) is 23.6. The molecule has 3 unspecified atom stereocenters. The topological polar surface area (TPSA) is 32.8 Å². The summed E-state index contributed by atoms with van der Waals surface area (Å²) >= 11 is 3.56. The number of benzene rings is 1. The fraction of sp³-hybridized carbons (Fsp3) is 0.588. The first-order valence-corrected chi connectivity index (χ1v) is 8.55. The van der Waals surface area contributed by atoms with Crippen molar-refractivity contribution in [1.82, 2.24) is 9.80 Å². The van der Waals surface area contributed by atoms with E-state index in [0.29, 0.717) is 13.1 Å². The highest BCUT2D eigenvalue weighted by Crippen LogP contribution is 2.19. The molecule has 122 valence electrons. The molecule has 0 aromatic heterocycles. The van der Waals surface area contributed by atoms with Crippen LogP contribution in [0.5, 0.6) is 0 Å². The second-order valence-electron chi connectivity index (χ2n) is 6.18. The summed E-state index contributed by atoms with van der Waals surface area (Å²) in [5.74, 6) is 0.177. The second kappa shape index (κ2) is 7.57. The van der Waals surface area contributed by atoms with Gasteiger partial charge >= 0.3 is 0 Å². The highest BCUT2D eigenvalue weighted by atomic mass is 79.9. The fourth-order valence-corrected chi connectivity index (χ4v) is 3.25. The number of hydrogen-bond donors (Lipinski definition) is 0. The lowest BCUT2D eigenvalue weighted by atomic mass is 10.1. The van der Waals surface area contributed by atoms with Gasteiger partial charge in [-0.1, -0.05) is 34.1 Å². The van der Waals surface area contributed by atoms with E-state index in [1.165, 1.54) is 5.56 Å². The first kappa shape index (κ1) is 17.4. The summed E-state index contributed by atoms with van der Waals surface area (Å²) in [6, 6.07) is 7.98. The number of hydrogen-bond acceptors (Lipinski definition) is 3. The largest absolute Gasteiger partial charge is 0.372 e. The molecule has 1 aliphatic heterocycles. The molecule has 0 bridgehead atoms. The maximum absolute atomic E-state index is 12.7. The minimum absolute atomic E-state index is 0.105. The molecular formula is C17H25BrN2O2. The number of ether oxygens (including phenoxy) is 1. The van der Waals surface area contributed by atoms with Crippen molar-refractivity contribution in [3.05, 3.63) is 34.3 Å². The van der Waals surface area contributed by atoms with E-state index < -0.39 is 0 Å². The Kier molecular flexibility index (Phi) is 6.01. The van der Waals surface area contributed by atoms with Gasteiger partial charge in [-0.05, 0) is 39.4 Å². The summed E-state index contributed by atoms with van der Waals surface area (Å²) in [4.78, 5) is 16.7. The van der Waals surface area contributed by atoms with Crippen molar-refractivity contribution in [2.75, 3.05) is 20.1 Å². The standard InChI is InChI=1S/C17H25BrN2O2/c1-12-9-20(10-13(2)22-12)17(21)14(3)19(4)11-15-7-5-6-8-16(15)18/h5-8,12-14H,9-11H2,1-4H3. The molecule has 1 heterocycles. The van der Waals surface area contributed by atoms with Gasteiger partial charge in [0.25, 0.3) is 0 Å². The zero-order valence-corrected chi connectivity index (χ0v) is 15.3. The van der Waals surface area contributed by atoms with Crippen LogP contribution >= 0.6 is 15.9 Å². The Morgan fingerprint density at radius 2 is 1.95 bits per heavy atom. The van der Waals surface area contributed by atoms with E-state index in [4.69, 9.17) is 4.74 Å². The molecule has 1 aromatic rings. The van der Waals surface area contributed by atoms with E-state index in [0.717, 1.165) is 11.0 Å². The molecule has 0 saturated carbocycles. The minimum Gasteiger partial charge on any atom is -0.372 e. The van der Waals surface area contributed by atoms with Crippen molar-refractivity contribution in [2.24, 2.45) is 0 Å². The SMILES string of the molecule is CC1CN(C(=O)C(C)N(C)Cc2ccccc2Br)CC(C)O1. The lowest BCUT2D eigenvalue weighted by molar-refractivity contribution is -0.147. The van der Waals surface area contributed by atoms with E-state index in [9.17, 15) is 4.79 Å². The molecule has 0 radical (unpaired) electrons. The van der Waals surface area contributed by atoms with Crippen LogP contribution in [0.2, 0.25) is 0 Å². The van der Waals surface area contributed by atoms with Gasteiger partial charge in [0.15, 0.2) is 0 Å². The molecule has 1 aromatic carbocycles. The maximum Gasteiger partial charge on any atom is 0.239 e. The van der Waals surface area contributed by atoms with Gasteiger partial charge in [-0.25, -0.2) is 0 Å². The summed E-state index contributed by atoms with van der Waals surface area (Å²) < 4.78 is 6.78. The summed E-state index contributed by atoms with van der Waals surface area (Å²) in [6.07, 6.45) is 0.210. The van der Waals surface area contributed by atoms with Crippen molar-refractivity contribution in [2.45, 2.75) is 45.6 Å². The number of morpholine rings is 1.